The zero-order valence-corrected chi connectivity index (χ0v) is 14.1. The number of nitrogens with zero attached hydrogens (tertiary/aromatic N) is 1. The van der Waals surface area contributed by atoms with Gasteiger partial charge in [0.15, 0.2) is 6.04 Å². The van der Waals surface area contributed by atoms with Crippen molar-refractivity contribution in [1.29, 1.82) is 0 Å². The molecule has 1 atom stereocenters. The largest absolute Gasteiger partial charge is 0.444 e. The van der Waals surface area contributed by atoms with E-state index >= 15 is 0 Å². The van der Waals surface area contributed by atoms with E-state index in [-0.39, 0.29) is 5.56 Å². The Hall–Kier alpha value is -2.57. The van der Waals surface area contributed by atoms with E-state index in [0.29, 0.717) is 16.5 Å². The van der Waals surface area contributed by atoms with Crippen LogP contribution in [-0.4, -0.2) is 22.9 Å². The van der Waals surface area contributed by atoms with E-state index in [9.17, 15) is 18.0 Å². The smallest absolute Gasteiger partial charge is 0.412 e. The molecule has 0 aliphatic heterocycles. The highest BCUT2D eigenvalue weighted by Crippen LogP contribution is 2.34. The number of alkyl carbamates (subject to hydrolysis) is 1. The number of rotatable bonds is 3. The van der Waals surface area contributed by atoms with Gasteiger partial charge in [0.05, 0.1) is 5.69 Å². The van der Waals surface area contributed by atoms with Crippen molar-refractivity contribution in [2.45, 2.75) is 38.6 Å². The van der Waals surface area contributed by atoms with Gasteiger partial charge in [0.2, 0.25) is 0 Å². The molecular weight excluding hydrogens is 333 g/mol. The molecule has 4 nitrogen and oxygen atoms in total. The predicted octanol–water partition coefficient (Wildman–Crippen LogP) is 5.01. The van der Waals surface area contributed by atoms with Gasteiger partial charge >= 0.3 is 12.3 Å². The van der Waals surface area contributed by atoms with Crippen molar-refractivity contribution >= 4 is 22.9 Å². The third kappa shape index (κ3) is 4.95. The van der Waals surface area contributed by atoms with Gasteiger partial charge in [0.1, 0.15) is 5.60 Å². The van der Waals surface area contributed by atoms with Gasteiger partial charge in [-0.15, -0.1) is 0 Å². The van der Waals surface area contributed by atoms with Crippen LogP contribution < -0.4 is 5.32 Å². The predicted molar refractivity (Wildman–Crippen MR) is 90.0 cm³/mol. The fourth-order valence-corrected chi connectivity index (χ4v) is 2.25. The van der Waals surface area contributed by atoms with Crippen molar-refractivity contribution < 1.29 is 22.7 Å². The number of aromatic nitrogens is 1. The summed E-state index contributed by atoms with van der Waals surface area (Å²) < 4.78 is 45.3. The van der Waals surface area contributed by atoms with Crippen LogP contribution in [0.4, 0.5) is 18.0 Å². The number of ether oxygens (including phenoxy) is 1. The van der Waals surface area contributed by atoms with Crippen LogP contribution in [0.5, 0.6) is 0 Å². The lowest BCUT2D eigenvalue weighted by molar-refractivity contribution is -0.156. The summed E-state index contributed by atoms with van der Waals surface area (Å²) in [6, 6.07) is 3.67. The average Bonchev–Trinajstić information content (AvgIpc) is 2.48. The lowest BCUT2D eigenvalue weighted by Gasteiger charge is -2.25. The van der Waals surface area contributed by atoms with E-state index in [1.54, 1.807) is 33.0 Å². The Morgan fingerprint density at radius 1 is 1.24 bits per heavy atom. The molecule has 0 saturated heterocycles. The second-order valence-electron chi connectivity index (χ2n) is 6.54. The summed E-state index contributed by atoms with van der Waals surface area (Å²) in [5.74, 6) is 0. The Morgan fingerprint density at radius 3 is 2.48 bits per heavy atom. The van der Waals surface area contributed by atoms with Crippen molar-refractivity contribution in [3.63, 3.8) is 0 Å². The summed E-state index contributed by atoms with van der Waals surface area (Å²) in [6.45, 7) is 8.33. The van der Waals surface area contributed by atoms with E-state index in [4.69, 9.17) is 4.74 Å². The summed E-state index contributed by atoms with van der Waals surface area (Å²) in [4.78, 5) is 15.9. The van der Waals surface area contributed by atoms with Gasteiger partial charge in [0, 0.05) is 11.6 Å². The SMILES string of the molecule is C=Cc1cc2cc(C(NC(=O)OC(C)(C)C)C(F)(F)F)ccc2cn1. The first-order chi connectivity index (χ1) is 11.5. The topological polar surface area (TPSA) is 51.2 Å². The van der Waals surface area contributed by atoms with Gasteiger partial charge in [-0.05, 0) is 49.9 Å². The fraction of sp³-hybridized carbons (Fsp3) is 0.333. The molecule has 0 bridgehead atoms. The molecule has 1 unspecified atom stereocenters. The zero-order valence-electron chi connectivity index (χ0n) is 14.1. The van der Waals surface area contributed by atoms with E-state index in [0.717, 1.165) is 0 Å². The van der Waals surface area contributed by atoms with Crippen molar-refractivity contribution in [1.82, 2.24) is 10.3 Å². The molecule has 25 heavy (non-hydrogen) atoms. The molecule has 0 saturated carbocycles. The molecule has 7 heteroatoms. The minimum atomic E-state index is -4.67. The van der Waals surface area contributed by atoms with Crippen LogP contribution in [0.2, 0.25) is 0 Å². The quantitative estimate of drug-likeness (QED) is 0.845. The third-order valence-corrected chi connectivity index (χ3v) is 3.30. The number of carbonyl (C=O) groups is 1. The molecule has 1 aromatic heterocycles. The van der Waals surface area contributed by atoms with Crippen LogP contribution in [-0.2, 0) is 4.74 Å². The lowest BCUT2D eigenvalue weighted by atomic mass is 10.0. The van der Waals surface area contributed by atoms with Crippen molar-refractivity contribution in [2.24, 2.45) is 0 Å². The molecule has 1 N–H and O–H groups in total. The number of amides is 1. The molecule has 0 aliphatic carbocycles. The van der Waals surface area contributed by atoms with Crippen molar-refractivity contribution in [3.05, 3.63) is 48.3 Å². The molecule has 2 aromatic rings. The molecule has 0 radical (unpaired) electrons. The molecule has 1 amide bonds. The average molecular weight is 352 g/mol. The Kier molecular flexibility index (Phi) is 5.06. The summed E-state index contributed by atoms with van der Waals surface area (Å²) >= 11 is 0. The van der Waals surface area contributed by atoms with Crippen LogP contribution in [0.15, 0.2) is 37.0 Å². The van der Waals surface area contributed by atoms with E-state index < -0.39 is 23.9 Å². The van der Waals surface area contributed by atoms with Gasteiger partial charge in [-0.2, -0.15) is 13.2 Å². The number of alkyl halides is 3. The summed E-state index contributed by atoms with van der Waals surface area (Å²) in [6.07, 6.45) is -2.73. The number of hydrogen-bond donors (Lipinski definition) is 1. The first-order valence-corrected chi connectivity index (χ1v) is 7.58. The van der Waals surface area contributed by atoms with Crippen LogP contribution in [0.1, 0.15) is 38.1 Å². The molecule has 1 heterocycles. The van der Waals surface area contributed by atoms with Crippen LogP contribution in [0.25, 0.3) is 16.8 Å². The number of nitrogens with one attached hydrogen (secondary N) is 1. The highest BCUT2D eigenvalue weighted by atomic mass is 19.4. The Morgan fingerprint density at radius 2 is 1.92 bits per heavy atom. The minimum absolute atomic E-state index is 0.0907. The van der Waals surface area contributed by atoms with E-state index in [2.05, 4.69) is 11.6 Å². The Bertz CT molecular complexity index is 795. The monoisotopic (exact) mass is 352 g/mol. The number of fused-ring (bicyclic) bond motifs is 1. The molecule has 134 valence electrons. The van der Waals surface area contributed by atoms with Crippen LogP contribution in [0.3, 0.4) is 0 Å². The normalized spacial score (nSPS) is 13.4. The second kappa shape index (κ2) is 6.74. The lowest BCUT2D eigenvalue weighted by Crippen LogP contribution is -2.41. The van der Waals surface area contributed by atoms with Gasteiger partial charge in [0.25, 0.3) is 0 Å². The standard InChI is InChI=1S/C18H19F3N2O2/c1-5-14-9-13-8-11(6-7-12(13)10-22-14)15(18(19,20)21)23-16(24)25-17(2,3)4/h5-10,15H,1H2,2-4H3,(H,23,24). The Labute approximate surface area is 143 Å². The highest BCUT2D eigenvalue weighted by molar-refractivity contribution is 5.84. The molecule has 0 aliphatic rings. The number of carbonyl (C=O) groups excluding carboxylic acids is 1. The first-order valence-electron chi connectivity index (χ1n) is 7.58. The maximum Gasteiger partial charge on any atom is 0.412 e. The fourth-order valence-electron chi connectivity index (χ4n) is 2.25. The van der Waals surface area contributed by atoms with Gasteiger partial charge < -0.3 is 10.1 Å². The summed E-state index contributed by atoms with van der Waals surface area (Å²) in [5.41, 5.74) is -0.436. The maximum absolute atomic E-state index is 13.4. The third-order valence-electron chi connectivity index (χ3n) is 3.30. The number of hydrogen-bond acceptors (Lipinski definition) is 3. The molecule has 2 rings (SSSR count). The van der Waals surface area contributed by atoms with Crippen molar-refractivity contribution in [2.75, 3.05) is 0 Å². The number of benzene rings is 1. The van der Waals surface area contributed by atoms with E-state index in [1.807, 2.05) is 5.32 Å². The maximum atomic E-state index is 13.4. The second-order valence-corrected chi connectivity index (χ2v) is 6.54. The van der Waals surface area contributed by atoms with E-state index in [1.165, 1.54) is 24.3 Å². The Balaban J connectivity index is 2.39. The summed E-state index contributed by atoms with van der Waals surface area (Å²) in [5, 5.41) is 3.16. The summed E-state index contributed by atoms with van der Waals surface area (Å²) in [7, 11) is 0. The molecule has 0 spiro atoms. The van der Waals surface area contributed by atoms with Crippen LogP contribution in [0, 0.1) is 0 Å². The van der Waals surface area contributed by atoms with Gasteiger partial charge in [-0.25, -0.2) is 4.79 Å². The van der Waals surface area contributed by atoms with Crippen LogP contribution >= 0.6 is 0 Å². The first kappa shape index (κ1) is 18.8. The van der Waals surface area contributed by atoms with Crippen molar-refractivity contribution in [3.8, 4) is 0 Å². The van der Waals surface area contributed by atoms with Gasteiger partial charge in [-0.1, -0.05) is 18.7 Å². The molecule has 0 fully saturated rings. The highest BCUT2D eigenvalue weighted by Gasteiger charge is 2.42. The zero-order chi connectivity index (χ0) is 18.8. The molecule has 1 aromatic carbocycles. The molecular formula is C18H19F3N2O2. The van der Waals surface area contributed by atoms with Gasteiger partial charge in [-0.3, -0.25) is 4.98 Å². The minimum Gasteiger partial charge on any atom is -0.444 e. The number of pyridine rings is 1. The number of halogens is 3.